The molecule has 0 aliphatic heterocycles. The SMILES string of the molecule is C=C(/C=C(/c1ccc(-c2cc(-c3ccccc3)cc(-c3ccccc3)c2)cc1)N(C)C(C)c1ccc(-c2ccc(N)cc2)cc1)c1ccccc1. The molecule has 7 aromatic rings. The molecule has 0 saturated carbocycles. The summed E-state index contributed by atoms with van der Waals surface area (Å²) in [5, 5.41) is 0. The van der Waals surface area contributed by atoms with E-state index in [0.29, 0.717) is 0 Å². The lowest BCUT2D eigenvalue weighted by atomic mass is 9.92. The Hall–Kier alpha value is -6.38. The number of benzene rings is 7. The monoisotopic (exact) mass is 658 g/mol. The van der Waals surface area contributed by atoms with E-state index in [1.54, 1.807) is 0 Å². The highest BCUT2D eigenvalue weighted by Gasteiger charge is 2.18. The number of nitrogens with two attached hydrogens (primary N) is 1. The molecular weight excluding hydrogens is 617 g/mol. The summed E-state index contributed by atoms with van der Waals surface area (Å²) in [4.78, 5) is 2.35. The van der Waals surface area contributed by atoms with E-state index in [4.69, 9.17) is 5.73 Å². The molecule has 0 amide bonds. The van der Waals surface area contributed by atoms with Crippen LogP contribution in [0.2, 0.25) is 0 Å². The molecule has 0 aliphatic carbocycles. The summed E-state index contributed by atoms with van der Waals surface area (Å²) >= 11 is 0. The smallest absolute Gasteiger partial charge is 0.0511 e. The third-order valence-corrected chi connectivity index (χ3v) is 9.71. The van der Waals surface area contributed by atoms with Crippen molar-refractivity contribution >= 4 is 17.0 Å². The van der Waals surface area contributed by atoms with Gasteiger partial charge in [-0.15, -0.1) is 0 Å². The summed E-state index contributed by atoms with van der Waals surface area (Å²) in [6, 6.07) is 64.5. The molecule has 0 saturated heterocycles. The van der Waals surface area contributed by atoms with Crippen LogP contribution in [0.25, 0.3) is 55.8 Å². The molecule has 2 N–H and O–H groups in total. The van der Waals surface area contributed by atoms with Crippen molar-refractivity contribution < 1.29 is 0 Å². The van der Waals surface area contributed by atoms with Gasteiger partial charge < -0.3 is 10.6 Å². The second kappa shape index (κ2) is 15.0. The van der Waals surface area contributed by atoms with Crippen LogP contribution in [0.4, 0.5) is 5.69 Å². The summed E-state index contributed by atoms with van der Waals surface area (Å²) in [7, 11) is 2.17. The number of anilines is 1. The lowest BCUT2D eigenvalue weighted by Gasteiger charge is -2.31. The van der Waals surface area contributed by atoms with Crippen molar-refractivity contribution in [1.82, 2.24) is 4.90 Å². The Morgan fingerprint density at radius 1 is 0.490 bits per heavy atom. The minimum Gasteiger partial charge on any atom is -0.399 e. The molecule has 51 heavy (non-hydrogen) atoms. The third-order valence-electron chi connectivity index (χ3n) is 9.71. The van der Waals surface area contributed by atoms with Crippen molar-refractivity contribution in [3.05, 3.63) is 211 Å². The average molecular weight is 659 g/mol. The van der Waals surface area contributed by atoms with Gasteiger partial charge in [0.05, 0.1) is 6.04 Å². The lowest BCUT2D eigenvalue weighted by molar-refractivity contribution is 0.382. The fourth-order valence-corrected chi connectivity index (χ4v) is 6.57. The van der Waals surface area contributed by atoms with Gasteiger partial charge in [0.1, 0.15) is 0 Å². The number of hydrogen-bond donors (Lipinski definition) is 1. The van der Waals surface area contributed by atoms with E-state index in [1.165, 1.54) is 44.5 Å². The van der Waals surface area contributed by atoms with E-state index in [9.17, 15) is 0 Å². The van der Waals surface area contributed by atoms with Crippen LogP contribution in [0.5, 0.6) is 0 Å². The van der Waals surface area contributed by atoms with E-state index in [1.807, 2.05) is 18.2 Å². The number of rotatable bonds is 10. The molecule has 1 atom stereocenters. The van der Waals surface area contributed by atoms with E-state index >= 15 is 0 Å². The maximum Gasteiger partial charge on any atom is 0.0511 e. The molecule has 2 nitrogen and oxygen atoms in total. The summed E-state index contributed by atoms with van der Waals surface area (Å²) in [6.45, 7) is 6.74. The number of nitrogen functional groups attached to an aromatic ring is 1. The molecule has 2 heteroatoms. The topological polar surface area (TPSA) is 29.3 Å². The molecular formula is C49H42N2. The van der Waals surface area contributed by atoms with Gasteiger partial charge in [0, 0.05) is 18.4 Å². The Balaban J connectivity index is 1.24. The van der Waals surface area contributed by atoms with Gasteiger partial charge in [-0.2, -0.15) is 0 Å². The first-order valence-electron chi connectivity index (χ1n) is 17.4. The van der Waals surface area contributed by atoms with Crippen LogP contribution in [-0.2, 0) is 0 Å². The number of allylic oxidation sites excluding steroid dienone is 2. The van der Waals surface area contributed by atoms with Crippen LogP contribution in [-0.4, -0.2) is 11.9 Å². The van der Waals surface area contributed by atoms with Crippen molar-refractivity contribution in [1.29, 1.82) is 0 Å². The molecule has 0 fully saturated rings. The van der Waals surface area contributed by atoms with Crippen LogP contribution in [0.3, 0.4) is 0 Å². The molecule has 0 spiro atoms. The molecule has 0 heterocycles. The third kappa shape index (κ3) is 7.61. The Morgan fingerprint density at radius 2 is 0.882 bits per heavy atom. The van der Waals surface area contributed by atoms with Crippen molar-refractivity contribution in [2.75, 3.05) is 12.8 Å². The van der Waals surface area contributed by atoms with E-state index in [2.05, 4.69) is 195 Å². The fourth-order valence-electron chi connectivity index (χ4n) is 6.57. The maximum atomic E-state index is 5.93. The zero-order valence-corrected chi connectivity index (χ0v) is 29.2. The van der Waals surface area contributed by atoms with Crippen molar-refractivity contribution in [3.8, 4) is 44.5 Å². The zero-order valence-electron chi connectivity index (χ0n) is 29.2. The fraction of sp³-hybridized carbons (Fsp3) is 0.0612. The van der Waals surface area contributed by atoms with Gasteiger partial charge in [-0.3, -0.25) is 0 Å². The average Bonchev–Trinajstić information content (AvgIpc) is 3.20. The second-order valence-electron chi connectivity index (χ2n) is 13.1. The molecule has 0 radical (unpaired) electrons. The minimum absolute atomic E-state index is 0.107. The highest BCUT2D eigenvalue weighted by Crippen LogP contribution is 2.36. The second-order valence-corrected chi connectivity index (χ2v) is 13.1. The molecule has 0 bridgehead atoms. The Morgan fingerprint density at radius 3 is 1.37 bits per heavy atom. The quantitative estimate of drug-likeness (QED) is 0.117. The van der Waals surface area contributed by atoms with Gasteiger partial charge in [0.15, 0.2) is 0 Å². The normalized spacial score (nSPS) is 11.9. The first-order valence-corrected chi connectivity index (χ1v) is 17.4. The van der Waals surface area contributed by atoms with Gasteiger partial charge in [-0.05, 0) is 110 Å². The number of hydrogen-bond acceptors (Lipinski definition) is 2. The molecule has 248 valence electrons. The van der Waals surface area contributed by atoms with Gasteiger partial charge >= 0.3 is 0 Å². The highest BCUT2D eigenvalue weighted by atomic mass is 15.1. The Kier molecular flexibility index (Phi) is 9.76. The van der Waals surface area contributed by atoms with Gasteiger partial charge in [-0.25, -0.2) is 0 Å². The molecule has 7 aromatic carbocycles. The van der Waals surface area contributed by atoms with Crippen LogP contribution in [0.15, 0.2) is 195 Å². The van der Waals surface area contributed by atoms with E-state index in [0.717, 1.165) is 33.6 Å². The van der Waals surface area contributed by atoms with Crippen LogP contribution in [0, 0.1) is 0 Å². The van der Waals surface area contributed by atoms with Crippen LogP contribution < -0.4 is 5.73 Å². The largest absolute Gasteiger partial charge is 0.399 e. The first-order chi connectivity index (χ1) is 24.9. The summed E-state index contributed by atoms with van der Waals surface area (Å²) in [5.74, 6) is 0. The summed E-state index contributed by atoms with van der Waals surface area (Å²) < 4.78 is 0. The predicted molar refractivity (Wildman–Crippen MR) is 219 cm³/mol. The van der Waals surface area contributed by atoms with Crippen LogP contribution in [0.1, 0.15) is 29.7 Å². The maximum absolute atomic E-state index is 5.93. The summed E-state index contributed by atoms with van der Waals surface area (Å²) in [5.41, 5.74) is 21.7. The molecule has 0 aromatic heterocycles. The predicted octanol–water partition coefficient (Wildman–Crippen LogP) is 12.7. The van der Waals surface area contributed by atoms with Gasteiger partial charge in [0.2, 0.25) is 0 Å². The molecule has 1 unspecified atom stereocenters. The van der Waals surface area contributed by atoms with Gasteiger partial charge in [0.25, 0.3) is 0 Å². The van der Waals surface area contributed by atoms with Gasteiger partial charge in [-0.1, -0.05) is 158 Å². The Labute approximate surface area is 302 Å². The van der Waals surface area contributed by atoms with Crippen molar-refractivity contribution in [2.45, 2.75) is 13.0 Å². The van der Waals surface area contributed by atoms with Crippen LogP contribution >= 0.6 is 0 Å². The Bertz CT molecular complexity index is 2190. The first kappa shape index (κ1) is 33.1. The minimum atomic E-state index is 0.107. The van der Waals surface area contributed by atoms with Crippen molar-refractivity contribution in [2.24, 2.45) is 0 Å². The van der Waals surface area contributed by atoms with Crippen molar-refractivity contribution in [3.63, 3.8) is 0 Å². The molecule has 0 aliphatic rings. The van der Waals surface area contributed by atoms with E-state index < -0.39 is 0 Å². The highest BCUT2D eigenvalue weighted by molar-refractivity contribution is 5.84. The van der Waals surface area contributed by atoms with E-state index in [-0.39, 0.29) is 6.04 Å². The standard InChI is InChI=1S/C49H42N2/c1-35(37-13-7-4-8-14-37)31-49(51(3)36(2)38-19-21-41(22-20-38)42-27-29-48(50)30-28-42)44-25-23-43(24-26-44)47-33-45(39-15-9-5-10-16-39)32-46(34-47)40-17-11-6-12-18-40/h4-34,36H,1,50H2,2-3H3/b49-31-. The summed E-state index contributed by atoms with van der Waals surface area (Å²) in [6.07, 6.45) is 2.22. The lowest BCUT2D eigenvalue weighted by Crippen LogP contribution is -2.21. The zero-order chi connectivity index (χ0) is 35.2. The number of nitrogens with zero attached hydrogens (tertiary/aromatic N) is 1. The molecule has 7 rings (SSSR count).